The van der Waals surface area contributed by atoms with Crippen LogP contribution in [0.2, 0.25) is 0 Å². The smallest absolute Gasteiger partial charge is 0.338 e. The number of benzene rings is 2. The minimum absolute atomic E-state index is 0.142. The first-order chi connectivity index (χ1) is 18.9. The third kappa shape index (κ3) is 5.51. The molecule has 0 aliphatic carbocycles. The fourth-order valence-corrected chi connectivity index (χ4v) is 5.71. The number of fused-ring (bicyclic) bond motifs is 1. The quantitative estimate of drug-likeness (QED) is 0.325. The Morgan fingerprint density at radius 2 is 1.85 bits per heavy atom. The van der Waals surface area contributed by atoms with Gasteiger partial charge in [-0.05, 0) is 61.7 Å². The number of thiophene rings is 1. The summed E-state index contributed by atoms with van der Waals surface area (Å²) in [5.74, 6) is -0.862. The lowest BCUT2D eigenvalue weighted by molar-refractivity contribution is 0.0525. The number of anilines is 1. The number of hydrogen-bond donors (Lipinski definition) is 1. The second-order valence-corrected chi connectivity index (χ2v) is 10.3. The van der Waals surface area contributed by atoms with Gasteiger partial charge in [0.1, 0.15) is 16.3 Å². The van der Waals surface area contributed by atoms with E-state index in [0.29, 0.717) is 48.7 Å². The molecular weight excluding hydrogens is 519 g/mol. The van der Waals surface area contributed by atoms with E-state index in [4.69, 9.17) is 4.74 Å². The predicted molar refractivity (Wildman–Crippen MR) is 149 cm³/mol. The Bertz CT molecular complexity index is 1510. The van der Waals surface area contributed by atoms with E-state index in [0.717, 1.165) is 10.2 Å². The molecule has 0 bridgehead atoms. The molecule has 39 heavy (non-hydrogen) atoms. The first-order valence-corrected chi connectivity index (χ1v) is 13.7. The molecule has 1 atom stereocenters. The van der Waals surface area contributed by atoms with Crippen molar-refractivity contribution < 1.29 is 23.5 Å². The zero-order chi connectivity index (χ0) is 27.5. The summed E-state index contributed by atoms with van der Waals surface area (Å²) >= 11 is 1.52. The van der Waals surface area contributed by atoms with Crippen LogP contribution >= 0.6 is 11.3 Å². The summed E-state index contributed by atoms with van der Waals surface area (Å²) < 4.78 is 21.3. The number of esters is 1. The highest BCUT2D eigenvalue weighted by Crippen LogP contribution is 2.28. The van der Waals surface area contributed by atoms with Crippen molar-refractivity contribution in [2.24, 2.45) is 0 Å². The zero-order valence-electron chi connectivity index (χ0n) is 21.7. The number of aromatic nitrogens is 1. The molecule has 4 aromatic rings. The molecule has 8 nitrogen and oxygen atoms in total. The first kappa shape index (κ1) is 26.4. The number of nitrogens with zero attached hydrogens (tertiary/aromatic N) is 3. The van der Waals surface area contributed by atoms with Gasteiger partial charge in [0, 0.05) is 42.3 Å². The van der Waals surface area contributed by atoms with Crippen molar-refractivity contribution in [2.75, 3.05) is 31.6 Å². The summed E-state index contributed by atoms with van der Waals surface area (Å²) in [4.78, 5) is 42.9. The van der Waals surface area contributed by atoms with E-state index in [1.54, 1.807) is 59.2 Å². The van der Waals surface area contributed by atoms with Crippen LogP contribution in [-0.2, 0) is 11.3 Å². The van der Waals surface area contributed by atoms with E-state index < -0.39 is 5.97 Å². The monoisotopic (exact) mass is 548 g/mol. The molecule has 1 unspecified atom stereocenters. The molecule has 202 valence electrons. The number of nitrogens with one attached hydrogen (secondary N) is 1. The lowest BCUT2D eigenvalue weighted by Crippen LogP contribution is -2.56. The van der Waals surface area contributed by atoms with Gasteiger partial charge < -0.3 is 24.4 Å². The lowest BCUT2D eigenvalue weighted by Gasteiger charge is -2.39. The van der Waals surface area contributed by atoms with E-state index in [1.807, 2.05) is 29.0 Å². The largest absolute Gasteiger partial charge is 0.462 e. The molecule has 2 aromatic carbocycles. The molecule has 0 saturated carbocycles. The number of rotatable bonds is 6. The van der Waals surface area contributed by atoms with Crippen molar-refractivity contribution in [1.82, 2.24) is 14.4 Å². The standard InChI is InChI=1S/C29H29FN4O4S/c1-3-38-28(36)20-8-10-23(11-9-20)31-29(37)33-14-13-32(17-19(33)2)26(35)25-16-21-12-15-39-27(21)34(25)18-22-6-4-5-7-24(22)30/h4-12,15-16,19H,3,13-14,17-18H2,1-2H3,(H,31,37). The predicted octanol–water partition coefficient (Wildman–Crippen LogP) is 5.45. The second kappa shape index (κ2) is 11.3. The molecule has 0 spiro atoms. The van der Waals surface area contributed by atoms with Crippen LogP contribution in [0.1, 0.15) is 40.3 Å². The highest BCUT2D eigenvalue weighted by molar-refractivity contribution is 7.16. The lowest BCUT2D eigenvalue weighted by atomic mass is 10.1. The third-order valence-corrected chi connectivity index (χ3v) is 7.78. The van der Waals surface area contributed by atoms with E-state index in [1.165, 1.54) is 17.4 Å². The Labute approximate surface area is 229 Å². The molecule has 1 fully saturated rings. The van der Waals surface area contributed by atoms with Gasteiger partial charge in [0.15, 0.2) is 0 Å². The summed E-state index contributed by atoms with van der Waals surface area (Å²) in [7, 11) is 0. The van der Waals surface area contributed by atoms with Crippen LogP contribution in [-0.4, -0.2) is 64.6 Å². The van der Waals surface area contributed by atoms with Gasteiger partial charge in [0.25, 0.3) is 5.91 Å². The van der Waals surface area contributed by atoms with Crippen LogP contribution in [0.15, 0.2) is 66.0 Å². The van der Waals surface area contributed by atoms with Gasteiger partial charge in [0.2, 0.25) is 0 Å². The van der Waals surface area contributed by atoms with Gasteiger partial charge in [0.05, 0.1) is 18.7 Å². The van der Waals surface area contributed by atoms with Crippen LogP contribution in [0, 0.1) is 5.82 Å². The van der Waals surface area contributed by atoms with Gasteiger partial charge >= 0.3 is 12.0 Å². The number of carbonyl (C=O) groups is 3. The summed E-state index contributed by atoms with van der Waals surface area (Å²) in [5, 5.41) is 5.77. The molecule has 1 N–H and O–H groups in total. The maximum Gasteiger partial charge on any atom is 0.338 e. The Morgan fingerprint density at radius 3 is 2.56 bits per heavy atom. The molecule has 5 rings (SSSR count). The fourth-order valence-electron chi connectivity index (χ4n) is 4.81. The van der Waals surface area contributed by atoms with Crippen LogP contribution in [0.25, 0.3) is 10.2 Å². The number of hydrogen-bond acceptors (Lipinski definition) is 5. The summed E-state index contributed by atoms with van der Waals surface area (Å²) in [6.45, 7) is 5.29. The Morgan fingerprint density at radius 1 is 1.08 bits per heavy atom. The Hall–Kier alpha value is -4.18. The number of urea groups is 1. The molecule has 1 aliphatic heterocycles. The molecule has 3 amide bonds. The summed E-state index contributed by atoms with van der Waals surface area (Å²) in [6.07, 6.45) is 0. The highest BCUT2D eigenvalue weighted by atomic mass is 32.1. The van der Waals surface area contributed by atoms with E-state index in [-0.39, 0.29) is 30.3 Å². The maximum absolute atomic E-state index is 14.4. The third-order valence-electron chi connectivity index (χ3n) is 6.83. The minimum Gasteiger partial charge on any atom is -0.462 e. The van der Waals surface area contributed by atoms with Gasteiger partial charge in [-0.15, -0.1) is 11.3 Å². The average Bonchev–Trinajstić information content (AvgIpc) is 3.52. The van der Waals surface area contributed by atoms with Crippen LogP contribution < -0.4 is 5.32 Å². The zero-order valence-corrected chi connectivity index (χ0v) is 22.5. The Kier molecular flexibility index (Phi) is 7.65. The molecule has 0 radical (unpaired) electrons. The van der Waals surface area contributed by atoms with E-state index >= 15 is 0 Å². The van der Waals surface area contributed by atoms with Crippen molar-refractivity contribution in [2.45, 2.75) is 26.4 Å². The van der Waals surface area contributed by atoms with Crippen molar-refractivity contribution >= 4 is 45.1 Å². The van der Waals surface area contributed by atoms with Crippen molar-refractivity contribution in [3.63, 3.8) is 0 Å². The Balaban J connectivity index is 1.26. The van der Waals surface area contributed by atoms with Gasteiger partial charge in [-0.2, -0.15) is 0 Å². The van der Waals surface area contributed by atoms with E-state index in [9.17, 15) is 18.8 Å². The number of ether oxygens (including phenoxy) is 1. The topological polar surface area (TPSA) is 83.9 Å². The maximum atomic E-state index is 14.4. The molecule has 1 aliphatic rings. The van der Waals surface area contributed by atoms with E-state index in [2.05, 4.69) is 5.32 Å². The normalized spacial score (nSPS) is 15.4. The average molecular weight is 549 g/mol. The van der Waals surface area contributed by atoms with Gasteiger partial charge in [-0.25, -0.2) is 14.0 Å². The number of carbonyl (C=O) groups excluding carboxylic acids is 3. The van der Waals surface area contributed by atoms with Crippen LogP contribution in [0.4, 0.5) is 14.9 Å². The van der Waals surface area contributed by atoms with Crippen molar-refractivity contribution in [3.8, 4) is 0 Å². The summed E-state index contributed by atoms with van der Waals surface area (Å²) in [5.41, 5.74) is 1.99. The van der Waals surface area contributed by atoms with Crippen LogP contribution in [0.5, 0.6) is 0 Å². The molecule has 2 aromatic heterocycles. The number of amides is 3. The molecular formula is C29H29FN4O4S. The second-order valence-electron chi connectivity index (χ2n) is 9.41. The SMILES string of the molecule is CCOC(=O)c1ccc(NC(=O)N2CCN(C(=O)c3cc4ccsc4n3Cc3ccccc3F)CC2C)cc1. The highest BCUT2D eigenvalue weighted by Gasteiger charge is 2.32. The number of halogens is 1. The number of piperazine rings is 1. The van der Waals surface area contributed by atoms with Crippen LogP contribution in [0.3, 0.4) is 0 Å². The summed E-state index contributed by atoms with van der Waals surface area (Å²) in [6, 6.07) is 16.4. The van der Waals surface area contributed by atoms with Crippen molar-refractivity contribution in [3.05, 3.63) is 88.7 Å². The van der Waals surface area contributed by atoms with Crippen molar-refractivity contribution in [1.29, 1.82) is 0 Å². The fraction of sp³-hybridized carbons (Fsp3) is 0.276. The minimum atomic E-state index is -0.412. The molecule has 3 heterocycles. The first-order valence-electron chi connectivity index (χ1n) is 12.8. The van der Waals surface area contributed by atoms with Gasteiger partial charge in [-0.1, -0.05) is 18.2 Å². The molecule has 10 heteroatoms. The van der Waals surface area contributed by atoms with Gasteiger partial charge in [-0.3, -0.25) is 4.79 Å². The molecule has 1 saturated heterocycles.